The Balaban J connectivity index is 1.77. The van der Waals surface area contributed by atoms with E-state index in [1.807, 2.05) is 6.21 Å². The molecule has 22 heavy (non-hydrogen) atoms. The monoisotopic (exact) mass is 298 g/mol. The van der Waals surface area contributed by atoms with Crippen LogP contribution < -0.4 is 4.90 Å². The summed E-state index contributed by atoms with van der Waals surface area (Å²) in [6.45, 7) is 8.76. The van der Waals surface area contributed by atoms with Crippen LogP contribution in [0.3, 0.4) is 0 Å². The second-order valence-electron chi connectivity index (χ2n) is 6.77. The fraction of sp³-hybridized carbons (Fsp3) is 0.500. The molecule has 0 amide bonds. The molecule has 1 aromatic carbocycles. The van der Waals surface area contributed by atoms with E-state index in [1.54, 1.807) is 0 Å². The molecule has 0 spiro atoms. The highest BCUT2D eigenvalue weighted by Crippen LogP contribution is 2.46. The highest BCUT2D eigenvalue weighted by atomic mass is 15.5. The summed E-state index contributed by atoms with van der Waals surface area (Å²) in [7, 11) is 4.30. The van der Waals surface area contributed by atoms with E-state index in [4.69, 9.17) is 0 Å². The van der Waals surface area contributed by atoms with Crippen LogP contribution in [0.2, 0.25) is 0 Å². The average molecular weight is 298 g/mol. The summed E-state index contributed by atoms with van der Waals surface area (Å²) >= 11 is 0. The van der Waals surface area contributed by atoms with Crippen LogP contribution >= 0.6 is 0 Å². The van der Waals surface area contributed by atoms with Crippen molar-refractivity contribution in [3.63, 3.8) is 0 Å². The molecule has 0 aliphatic carbocycles. The topological polar surface area (TPSA) is 22.1 Å². The van der Waals surface area contributed by atoms with Crippen molar-refractivity contribution in [1.82, 2.24) is 9.91 Å². The van der Waals surface area contributed by atoms with E-state index < -0.39 is 0 Å². The van der Waals surface area contributed by atoms with Crippen molar-refractivity contribution < 1.29 is 0 Å². The third-order valence-electron chi connectivity index (χ3n) is 4.88. The van der Waals surface area contributed by atoms with Gasteiger partial charge in [0.15, 0.2) is 0 Å². The minimum atomic E-state index is 0.0273. The molecule has 4 nitrogen and oxygen atoms in total. The number of hydrogen-bond donors (Lipinski definition) is 0. The zero-order valence-electron chi connectivity index (χ0n) is 14.1. The molecule has 0 bridgehead atoms. The Morgan fingerprint density at radius 3 is 2.41 bits per heavy atom. The quantitative estimate of drug-likeness (QED) is 0.783. The molecule has 0 radical (unpaired) electrons. The number of anilines is 1. The first-order valence-corrected chi connectivity index (χ1v) is 8.01. The third kappa shape index (κ3) is 2.63. The Kier molecular flexibility index (Phi) is 3.96. The Bertz CT molecular complexity index is 595. The van der Waals surface area contributed by atoms with E-state index in [2.05, 4.69) is 78.2 Å². The number of benzene rings is 1. The number of para-hydroxylation sites is 1. The van der Waals surface area contributed by atoms with Gasteiger partial charge < -0.3 is 9.80 Å². The first-order valence-electron chi connectivity index (χ1n) is 8.01. The number of nitrogens with zero attached hydrogens (tertiary/aromatic N) is 4. The number of fused-ring (bicyclic) bond motifs is 1. The van der Waals surface area contributed by atoms with E-state index in [1.165, 1.54) is 16.9 Å². The molecule has 0 atom stereocenters. The lowest BCUT2D eigenvalue weighted by molar-refractivity contribution is 0.159. The lowest BCUT2D eigenvalue weighted by Gasteiger charge is -2.30. The predicted octanol–water partition coefficient (Wildman–Crippen LogP) is 2.53. The van der Waals surface area contributed by atoms with Crippen LogP contribution in [-0.2, 0) is 5.41 Å². The van der Waals surface area contributed by atoms with Crippen LogP contribution in [0.15, 0.2) is 41.1 Å². The number of likely N-dealkylation sites (N-methyl/N-ethyl adjacent to an activating group) is 2. The van der Waals surface area contributed by atoms with Crippen molar-refractivity contribution in [1.29, 1.82) is 0 Å². The van der Waals surface area contributed by atoms with Gasteiger partial charge in [-0.3, -0.25) is 5.01 Å². The van der Waals surface area contributed by atoms with E-state index in [-0.39, 0.29) is 5.41 Å². The summed E-state index contributed by atoms with van der Waals surface area (Å²) in [5.41, 5.74) is 4.01. The summed E-state index contributed by atoms with van der Waals surface area (Å²) in [5, 5.41) is 6.78. The first kappa shape index (κ1) is 15.1. The van der Waals surface area contributed by atoms with Crippen LogP contribution in [-0.4, -0.2) is 56.4 Å². The largest absolute Gasteiger partial charge is 0.347 e. The number of hydrogen-bond acceptors (Lipinski definition) is 4. The van der Waals surface area contributed by atoms with Crippen LogP contribution in [0.25, 0.3) is 0 Å². The van der Waals surface area contributed by atoms with Gasteiger partial charge in [0.05, 0.1) is 0 Å². The molecule has 0 N–H and O–H groups in total. The molecule has 0 saturated carbocycles. The molecule has 1 aromatic rings. The van der Waals surface area contributed by atoms with Crippen molar-refractivity contribution in [3.8, 4) is 0 Å². The minimum Gasteiger partial charge on any atom is -0.347 e. The molecule has 1 saturated heterocycles. The number of allylic oxidation sites excluding steroid dienone is 2. The molecular weight excluding hydrogens is 272 g/mol. The molecule has 4 heteroatoms. The van der Waals surface area contributed by atoms with Gasteiger partial charge in [-0.2, -0.15) is 5.10 Å². The molecule has 2 aliphatic rings. The van der Waals surface area contributed by atoms with Crippen molar-refractivity contribution in [2.75, 3.05) is 45.2 Å². The Morgan fingerprint density at radius 1 is 1.05 bits per heavy atom. The van der Waals surface area contributed by atoms with E-state index >= 15 is 0 Å². The lowest BCUT2D eigenvalue weighted by Crippen LogP contribution is -2.41. The van der Waals surface area contributed by atoms with Crippen LogP contribution in [0.5, 0.6) is 0 Å². The van der Waals surface area contributed by atoms with Crippen molar-refractivity contribution in [3.05, 3.63) is 41.6 Å². The second kappa shape index (κ2) is 5.76. The van der Waals surface area contributed by atoms with E-state index in [0.717, 1.165) is 26.2 Å². The molecule has 2 heterocycles. The number of rotatable bonds is 2. The molecular formula is C18H26N4. The molecule has 3 rings (SSSR count). The highest BCUT2D eigenvalue weighted by molar-refractivity contribution is 5.79. The highest BCUT2D eigenvalue weighted by Gasteiger charge is 2.37. The summed E-state index contributed by atoms with van der Waals surface area (Å²) in [5.74, 6) is 0. The molecule has 1 fully saturated rings. The van der Waals surface area contributed by atoms with Crippen molar-refractivity contribution in [2.24, 2.45) is 5.10 Å². The van der Waals surface area contributed by atoms with Gasteiger partial charge in [-0.25, -0.2) is 0 Å². The fourth-order valence-electron chi connectivity index (χ4n) is 3.41. The zero-order valence-corrected chi connectivity index (χ0v) is 14.1. The van der Waals surface area contributed by atoms with Crippen LogP contribution in [0, 0.1) is 0 Å². The van der Waals surface area contributed by atoms with Gasteiger partial charge in [0, 0.05) is 56.2 Å². The summed E-state index contributed by atoms with van der Waals surface area (Å²) < 4.78 is 0. The lowest BCUT2D eigenvalue weighted by atomic mass is 9.84. The van der Waals surface area contributed by atoms with Crippen molar-refractivity contribution in [2.45, 2.75) is 19.3 Å². The van der Waals surface area contributed by atoms with E-state index in [9.17, 15) is 0 Å². The van der Waals surface area contributed by atoms with Crippen LogP contribution in [0.1, 0.15) is 19.4 Å². The van der Waals surface area contributed by atoms with Gasteiger partial charge >= 0.3 is 0 Å². The molecule has 0 aromatic heterocycles. The third-order valence-corrected chi connectivity index (χ3v) is 4.88. The molecule has 0 unspecified atom stereocenters. The maximum atomic E-state index is 4.62. The molecule has 118 valence electrons. The van der Waals surface area contributed by atoms with Gasteiger partial charge in [0.1, 0.15) is 0 Å². The summed E-state index contributed by atoms with van der Waals surface area (Å²) in [4.78, 5) is 4.63. The van der Waals surface area contributed by atoms with Gasteiger partial charge in [0.2, 0.25) is 0 Å². The first-order chi connectivity index (χ1) is 10.5. The Morgan fingerprint density at radius 2 is 1.73 bits per heavy atom. The average Bonchev–Trinajstić information content (AvgIpc) is 2.70. The van der Waals surface area contributed by atoms with Crippen LogP contribution in [0.4, 0.5) is 5.69 Å². The SMILES string of the molecule is CN1CCN(/N=C\C=C2/N(C)c3ccccc3C2(C)C)CC1. The molecule has 2 aliphatic heterocycles. The standard InChI is InChI=1S/C18H26N4/c1-18(2)15-7-5-6-8-16(15)21(4)17(18)9-10-19-22-13-11-20(3)12-14-22/h5-10H,11-14H2,1-4H3/b17-9-,19-10-. The minimum absolute atomic E-state index is 0.0273. The van der Waals surface area contributed by atoms with Gasteiger partial charge in [-0.1, -0.05) is 32.0 Å². The second-order valence-corrected chi connectivity index (χ2v) is 6.77. The zero-order chi connectivity index (χ0) is 15.7. The van der Waals surface area contributed by atoms with E-state index in [0.29, 0.717) is 0 Å². The van der Waals surface area contributed by atoms with Gasteiger partial charge in [-0.15, -0.1) is 0 Å². The summed E-state index contributed by atoms with van der Waals surface area (Å²) in [6.07, 6.45) is 4.13. The normalized spacial score (nSPS) is 23.5. The van der Waals surface area contributed by atoms with Crippen molar-refractivity contribution >= 4 is 11.9 Å². The fourth-order valence-corrected chi connectivity index (χ4v) is 3.41. The Labute approximate surface area is 133 Å². The number of hydrazone groups is 1. The number of piperazine rings is 1. The summed E-state index contributed by atoms with van der Waals surface area (Å²) in [6, 6.07) is 8.64. The smallest absolute Gasteiger partial charge is 0.0488 e. The van der Waals surface area contributed by atoms with Gasteiger partial charge in [-0.05, 0) is 24.8 Å². The maximum Gasteiger partial charge on any atom is 0.0488 e. The van der Waals surface area contributed by atoms with Gasteiger partial charge in [0.25, 0.3) is 0 Å². The maximum absolute atomic E-state index is 4.62. The Hall–Kier alpha value is -1.81. The predicted molar refractivity (Wildman–Crippen MR) is 93.5 cm³/mol.